The van der Waals surface area contributed by atoms with E-state index in [1.165, 1.54) is 27.7 Å². The van der Waals surface area contributed by atoms with Crippen molar-refractivity contribution < 1.29 is 9.90 Å². The second-order valence-electron chi connectivity index (χ2n) is 3.01. The smallest absolute Gasteiger partial charge is 0.303 e. The molecule has 4 heteroatoms. The normalized spacial score (nSPS) is 17.2. The van der Waals surface area contributed by atoms with E-state index in [4.69, 9.17) is 5.11 Å². The number of hydrogen-bond donors (Lipinski definition) is 1. The van der Waals surface area contributed by atoms with Crippen LogP contribution in [0.5, 0.6) is 0 Å². The monoisotopic (exact) mass is 218 g/mol. The quantitative estimate of drug-likeness (QED) is 0.790. The van der Waals surface area contributed by atoms with Crippen LogP contribution in [0.15, 0.2) is 9.81 Å². The average molecular weight is 218 g/mol. The molecule has 0 aromatic carbocycles. The zero-order chi connectivity index (χ0) is 9.68. The zero-order valence-electron chi connectivity index (χ0n) is 7.71. The van der Waals surface area contributed by atoms with Gasteiger partial charge in [-0.25, -0.2) is 0 Å². The topological polar surface area (TPSA) is 37.3 Å². The number of rotatable bonds is 3. The number of carboxylic acid groups (broad SMARTS) is 1. The van der Waals surface area contributed by atoms with Crippen molar-refractivity contribution in [2.75, 3.05) is 11.5 Å². The van der Waals surface area contributed by atoms with Gasteiger partial charge in [-0.15, -0.1) is 23.5 Å². The minimum absolute atomic E-state index is 0.260. The van der Waals surface area contributed by atoms with E-state index in [1.807, 2.05) is 30.4 Å². The Morgan fingerprint density at radius 1 is 1.38 bits per heavy atom. The van der Waals surface area contributed by atoms with E-state index in [1.54, 1.807) is 0 Å². The molecular weight excluding hydrogens is 204 g/mol. The molecule has 1 saturated heterocycles. The highest BCUT2D eigenvalue weighted by Crippen LogP contribution is 2.37. The van der Waals surface area contributed by atoms with Crippen molar-refractivity contribution in [3.05, 3.63) is 9.81 Å². The van der Waals surface area contributed by atoms with Crippen LogP contribution in [-0.4, -0.2) is 22.6 Å². The summed E-state index contributed by atoms with van der Waals surface area (Å²) in [5.74, 6) is 1.67. The van der Waals surface area contributed by atoms with Crippen molar-refractivity contribution in [1.29, 1.82) is 0 Å². The van der Waals surface area contributed by atoms with Crippen molar-refractivity contribution in [3.63, 3.8) is 0 Å². The van der Waals surface area contributed by atoms with Gasteiger partial charge in [0.15, 0.2) is 0 Å². The molecule has 74 valence electrons. The summed E-state index contributed by atoms with van der Waals surface area (Å²) in [5.41, 5.74) is 1.25. The lowest BCUT2D eigenvalue weighted by Crippen LogP contribution is -1.98. The fourth-order valence-electron chi connectivity index (χ4n) is 1.07. The third-order valence-corrected chi connectivity index (χ3v) is 4.73. The van der Waals surface area contributed by atoms with Crippen LogP contribution in [0.4, 0.5) is 0 Å². The Kier molecular flexibility index (Phi) is 4.73. The lowest BCUT2D eigenvalue weighted by atomic mass is 10.2. The number of thioether (sulfide) groups is 2. The Hall–Kier alpha value is -0.0900. The minimum atomic E-state index is -0.703. The molecule has 0 radical (unpaired) electrons. The van der Waals surface area contributed by atoms with Crippen molar-refractivity contribution in [3.8, 4) is 0 Å². The standard InChI is InChI=1S/C9H14O2S2/c1-7(3-4-8(10)11)9-12-5-2-6-13-9/h2-6H2,1H3,(H,10,11). The number of carboxylic acids is 1. The largest absolute Gasteiger partial charge is 0.481 e. The Bertz CT molecular complexity index is 216. The number of hydrogen-bond acceptors (Lipinski definition) is 3. The van der Waals surface area contributed by atoms with Crippen LogP contribution in [-0.2, 0) is 4.79 Å². The van der Waals surface area contributed by atoms with Crippen molar-refractivity contribution >= 4 is 29.5 Å². The lowest BCUT2D eigenvalue weighted by molar-refractivity contribution is -0.136. The van der Waals surface area contributed by atoms with Crippen LogP contribution >= 0.6 is 23.5 Å². The second-order valence-corrected chi connectivity index (χ2v) is 5.48. The van der Waals surface area contributed by atoms with E-state index in [-0.39, 0.29) is 6.42 Å². The van der Waals surface area contributed by atoms with Gasteiger partial charge in [0.25, 0.3) is 0 Å². The Labute approximate surface area is 87.2 Å². The van der Waals surface area contributed by atoms with Crippen LogP contribution in [0.25, 0.3) is 0 Å². The Balaban J connectivity index is 2.41. The van der Waals surface area contributed by atoms with Gasteiger partial charge in [0.2, 0.25) is 0 Å². The molecule has 0 spiro atoms. The summed E-state index contributed by atoms with van der Waals surface area (Å²) < 4.78 is 1.35. The van der Waals surface area contributed by atoms with E-state index in [9.17, 15) is 4.79 Å². The molecule has 0 atom stereocenters. The highest BCUT2D eigenvalue weighted by Gasteiger charge is 2.10. The molecule has 1 aliphatic heterocycles. The van der Waals surface area contributed by atoms with E-state index in [2.05, 4.69) is 0 Å². The number of carbonyl (C=O) groups is 1. The van der Waals surface area contributed by atoms with Crippen molar-refractivity contribution in [2.24, 2.45) is 0 Å². The first-order valence-corrected chi connectivity index (χ1v) is 6.34. The molecule has 0 amide bonds. The van der Waals surface area contributed by atoms with Crippen molar-refractivity contribution in [1.82, 2.24) is 0 Å². The molecule has 0 aliphatic carbocycles. The van der Waals surface area contributed by atoms with Crippen LogP contribution in [0.1, 0.15) is 26.2 Å². The summed E-state index contributed by atoms with van der Waals surface area (Å²) in [7, 11) is 0. The van der Waals surface area contributed by atoms with Gasteiger partial charge in [-0.3, -0.25) is 4.79 Å². The predicted octanol–water partition coefficient (Wildman–Crippen LogP) is 2.95. The molecule has 13 heavy (non-hydrogen) atoms. The molecule has 1 heterocycles. The molecule has 0 unspecified atom stereocenters. The van der Waals surface area contributed by atoms with Crippen LogP contribution in [0.2, 0.25) is 0 Å². The molecule has 0 bridgehead atoms. The third kappa shape index (κ3) is 4.09. The summed E-state index contributed by atoms with van der Waals surface area (Å²) in [6.45, 7) is 2.05. The summed E-state index contributed by atoms with van der Waals surface area (Å²) in [5, 5.41) is 8.52. The summed E-state index contributed by atoms with van der Waals surface area (Å²) >= 11 is 3.75. The molecule has 1 fully saturated rings. The first-order valence-electron chi connectivity index (χ1n) is 4.37. The van der Waals surface area contributed by atoms with E-state index in [0.717, 1.165) is 0 Å². The van der Waals surface area contributed by atoms with E-state index in [0.29, 0.717) is 6.42 Å². The summed E-state index contributed by atoms with van der Waals surface area (Å²) in [6.07, 6.45) is 2.23. The molecule has 1 N–H and O–H groups in total. The molecule has 0 aromatic rings. The van der Waals surface area contributed by atoms with Gasteiger partial charge in [-0.2, -0.15) is 0 Å². The molecule has 1 rings (SSSR count). The summed E-state index contributed by atoms with van der Waals surface area (Å²) in [4.78, 5) is 10.4. The Morgan fingerprint density at radius 2 is 2.00 bits per heavy atom. The van der Waals surface area contributed by atoms with Gasteiger partial charge < -0.3 is 5.11 Å². The maximum absolute atomic E-state index is 10.4. The SMILES string of the molecule is CC(CCC(=O)O)=C1SCCCS1. The first-order chi connectivity index (χ1) is 6.20. The first kappa shape index (κ1) is 11.0. The maximum Gasteiger partial charge on any atom is 0.303 e. The Morgan fingerprint density at radius 3 is 2.54 bits per heavy atom. The number of allylic oxidation sites excluding steroid dienone is 1. The molecular formula is C9H14O2S2. The highest BCUT2D eigenvalue weighted by atomic mass is 32.2. The average Bonchev–Trinajstić information content (AvgIpc) is 2.15. The van der Waals surface area contributed by atoms with Gasteiger partial charge >= 0.3 is 5.97 Å². The third-order valence-electron chi connectivity index (χ3n) is 1.82. The molecule has 0 aromatic heterocycles. The zero-order valence-corrected chi connectivity index (χ0v) is 9.34. The van der Waals surface area contributed by atoms with Gasteiger partial charge in [0.05, 0.1) is 0 Å². The van der Waals surface area contributed by atoms with Gasteiger partial charge in [-0.05, 0) is 31.3 Å². The van der Waals surface area contributed by atoms with E-state index < -0.39 is 5.97 Å². The van der Waals surface area contributed by atoms with Gasteiger partial charge in [0, 0.05) is 10.7 Å². The lowest BCUT2D eigenvalue weighted by Gasteiger charge is -2.15. The maximum atomic E-state index is 10.4. The molecule has 1 aliphatic rings. The second kappa shape index (κ2) is 5.60. The van der Waals surface area contributed by atoms with Crippen LogP contribution in [0, 0.1) is 0 Å². The number of aliphatic carboxylic acids is 1. The van der Waals surface area contributed by atoms with E-state index >= 15 is 0 Å². The van der Waals surface area contributed by atoms with Crippen LogP contribution in [0.3, 0.4) is 0 Å². The fourth-order valence-corrected chi connectivity index (χ4v) is 3.73. The fraction of sp³-hybridized carbons (Fsp3) is 0.667. The predicted molar refractivity (Wildman–Crippen MR) is 59.1 cm³/mol. The molecule has 0 saturated carbocycles. The summed E-state index contributed by atoms with van der Waals surface area (Å²) in [6, 6.07) is 0. The van der Waals surface area contributed by atoms with Gasteiger partial charge in [0.1, 0.15) is 0 Å². The van der Waals surface area contributed by atoms with Crippen LogP contribution < -0.4 is 0 Å². The van der Waals surface area contributed by atoms with Gasteiger partial charge in [-0.1, -0.05) is 5.57 Å². The highest BCUT2D eigenvalue weighted by molar-refractivity contribution is 8.22. The molecule has 2 nitrogen and oxygen atoms in total. The minimum Gasteiger partial charge on any atom is -0.481 e. The van der Waals surface area contributed by atoms with Crippen molar-refractivity contribution in [2.45, 2.75) is 26.2 Å².